The highest BCUT2D eigenvalue weighted by molar-refractivity contribution is 7.93. The van der Waals surface area contributed by atoms with Crippen molar-refractivity contribution in [1.82, 2.24) is 34.5 Å². The Balaban J connectivity index is 1.79. The van der Waals surface area contributed by atoms with Crippen LogP contribution in [0.1, 0.15) is 12.7 Å². The van der Waals surface area contributed by atoms with Gasteiger partial charge in [-0.1, -0.05) is 6.07 Å². The molecule has 184 valence electrons. The molecule has 0 saturated heterocycles. The maximum atomic E-state index is 13.2. The van der Waals surface area contributed by atoms with Crippen LogP contribution >= 0.6 is 0 Å². The van der Waals surface area contributed by atoms with E-state index in [4.69, 9.17) is 9.47 Å². The van der Waals surface area contributed by atoms with Gasteiger partial charge in [-0.25, -0.2) is 22.8 Å². The molecule has 0 aliphatic heterocycles. The number of ether oxygens (including phenoxy) is 2. The SMILES string of the molecule is COc1cccc(OC)c1-n1c(NS(=O)(=O)[C@H](C)Cc2ncc(F)cn2)nnc1-c1ccn(C)n1. The lowest BCUT2D eigenvalue weighted by atomic mass is 10.2. The third-order valence-corrected chi connectivity index (χ3v) is 6.83. The number of anilines is 1. The highest BCUT2D eigenvalue weighted by Crippen LogP contribution is 2.37. The van der Waals surface area contributed by atoms with Gasteiger partial charge in [-0.2, -0.15) is 5.10 Å². The number of nitrogens with zero attached hydrogens (tertiary/aromatic N) is 7. The lowest BCUT2D eigenvalue weighted by Gasteiger charge is -2.18. The van der Waals surface area contributed by atoms with Gasteiger partial charge in [0, 0.05) is 19.7 Å². The molecule has 1 N–H and O–H groups in total. The van der Waals surface area contributed by atoms with Crippen LogP contribution in [-0.2, 0) is 23.5 Å². The minimum Gasteiger partial charge on any atom is -0.494 e. The Morgan fingerprint density at radius 1 is 1.09 bits per heavy atom. The first-order valence-electron chi connectivity index (χ1n) is 10.4. The van der Waals surface area contributed by atoms with E-state index in [1.807, 2.05) is 0 Å². The molecule has 0 bridgehead atoms. The van der Waals surface area contributed by atoms with Crippen LogP contribution in [0.25, 0.3) is 17.2 Å². The Morgan fingerprint density at radius 2 is 1.74 bits per heavy atom. The number of hydrogen-bond donors (Lipinski definition) is 1. The van der Waals surface area contributed by atoms with Gasteiger partial charge >= 0.3 is 0 Å². The summed E-state index contributed by atoms with van der Waals surface area (Å²) in [5.74, 6) is 0.541. The second kappa shape index (κ2) is 9.66. The summed E-state index contributed by atoms with van der Waals surface area (Å²) in [4.78, 5) is 7.68. The molecule has 0 amide bonds. The van der Waals surface area contributed by atoms with Gasteiger partial charge in [0.1, 0.15) is 28.7 Å². The average Bonchev–Trinajstić information content (AvgIpc) is 3.45. The number of methoxy groups -OCH3 is 2. The molecule has 0 fully saturated rings. The molecule has 0 spiro atoms. The summed E-state index contributed by atoms with van der Waals surface area (Å²) in [5, 5.41) is 11.7. The van der Waals surface area contributed by atoms with Gasteiger partial charge in [0.05, 0.1) is 31.9 Å². The molecule has 35 heavy (non-hydrogen) atoms. The largest absolute Gasteiger partial charge is 0.494 e. The van der Waals surface area contributed by atoms with E-state index < -0.39 is 21.1 Å². The predicted octanol–water partition coefficient (Wildman–Crippen LogP) is 1.99. The lowest BCUT2D eigenvalue weighted by molar-refractivity contribution is 0.391. The monoisotopic (exact) mass is 502 g/mol. The zero-order valence-electron chi connectivity index (χ0n) is 19.4. The topological polar surface area (TPSA) is 139 Å². The zero-order valence-corrected chi connectivity index (χ0v) is 20.2. The van der Waals surface area contributed by atoms with Crippen LogP contribution < -0.4 is 14.2 Å². The molecule has 12 nitrogen and oxygen atoms in total. The van der Waals surface area contributed by atoms with E-state index in [1.165, 1.54) is 25.7 Å². The van der Waals surface area contributed by atoms with E-state index in [0.717, 1.165) is 12.4 Å². The van der Waals surface area contributed by atoms with Crippen molar-refractivity contribution >= 4 is 16.0 Å². The van der Waals surface area contributed by atoms with Crippen LogP contribution in [0.4, 0.5) is 10.3 Å². The fourth-order valence-corrected chi connectivity index (χ4v) is 4.31. The molecule has 1 aromatic carbocycles. The molecule has 0 aliphatic rings. The fourth-order valence-electron chi connectivity index (χ4n) is 3.35. The summed E-state index contributed by atoms with van der Waals surface area (Å²) in [6, 6.07) is 6.86. The molecule has 1 atom stereocenters. The first-order chi connectivity index (χ1) is 16.7. The summed E-state index contributed by atoms with van der Waals surface area (Å²) >= 11 is 0. The number of rotatable bonds is 9. The number of benzene rings is 1. The summed E-state index contributed by atoms with van der Waals surface area (Å²) in [5.41, 5.74) is 0.835. The summed E-state index contributed by atoms with van der Waals surface area (Å²) in [7, 11) is 0.705. The van der Waals surface area contributed by atoms with E-state index >= 15 is 0 Å². The maximum absolute atomic E-state index is 13.2. The predicted molar refractivity (Wildman–Crippen MR) is 124 cm³/mol. The summed E-state index contributed by atoms with van der Waals surface area (Å²) < 4.78 is 56.1. The van der Waals surface area contributed by atoms with Crippen molar-refractivity contribution in [2.45, 2.75) is 18.6 Å². The van der Waals surface area contributed by atoms with Gasteiger partial charge < -0.3 is 9.47 Å². The molecule has 0 unspecified atom stereocenters. The van der Waals surface area contributed by atoms with Crippen LogP contribution in [0.2, 0.25) is 0 Å². The molecule has 3 heterocycles. The van der Waals surface area contributed by atoms with Crippen LogP contribution in [0.3, 0.4) is 0 Å². The highest BCUT2D eigenvalue weighted by Gasteiger charge is 2.29. The fraction of sp³-hybridized carbons (Fsp3) is 0.286. The molecule has 3 aromatic heterocycles. The second-order valence-electron chi connectivity index (χ2n) is 7.55. The van der Waals surface area contributed by atoms with Gasteiger partial charge in [0.15, 0.2) is 11.6 Å². The van der Waals surface area contributed by atoms with E-state index in [-0.39, 0.29) is 24.0 Å². The normalized spacial score (nSPS) is 12.4. The van der Waals surface area contributed by atoms with Gasteiger partial charge in [-0.3, -0.25) is 14.0 Å². The molecule has 4 aromatic rings. The van der Waals surface area contributed by atoms with Gasteiger partial charge in [0.25, 0.3) is 0 Å². The van der Waals surface area contributed by atoms with E-state index in [0.29, 0.717) is 22.9 Å². The van der Waals surface area contributed by atoms with Crippen LogP contribution in [0.15, 0.2) is 42.9 Å². The molecular weight excluding hydrogens is 479 g/mol. The van der Waals surface area contributed by atoms with Crippen LogP contribution in [0.5, 0.6) is 11.5 Å². The minimum atomic E-state index is -4.01. The summed E-state index contributed by atoms with van der Waals surface area (Å²) in [6.45, 7) is 1.49. The Labute approximate surface area is 200 Å². The lowest BCUT2D eigenvalue weighted by Crippen LogP contribution is -2.29. The average molecular weight is 503 g/mol. The Morgan fingerprint density at radius 3 is 2.31 bits per heavy atom. The number of aryl methyl sites for hydroxylation is 1. The number of sulfonamides is 1. The van der Waals surface area contributed by atoms with Crippen molar-refractivity contribution < 1.29 is 22.3 Å². The van der Waals surface area contributed by atoms with Crippen LogP contribution in [-0.4, -0.2) is 62.4 Å². The smallest absolute Gasteiger partial charge is 0.243 e. The van der Waals surface area contributed by atoms with Crippen molar-refractivity contribution in [2.24, 2.45) is 7.05 Å². The van der Waals surface area contributed by atoms with Gasteiger partial charge in [-0.15, -0.1) is 10.2 Å². The van der Waals surface area contributed by atoms with Gasteiger partial charge in [0.2, 0.25) is 16.0 Å². The first kappa shape index (κ1) is 24.1. The highest BCUT2D eigenvalue weighted by atomic mass is 32.2. The zero-order chi connectivity index (χ0) is 25.2. The van der Waals surface area contributed by atoms with Crippen molar-refractivity contribution in [2.75, 3.05) is 18.9 Å². The number of nitrogens with one attached hydrogen (secondary N) is 1. The third-order valence-electron chi connectivity index (χ3n) is 5.14. The Kier molecular flexibility index (Phi) is 6.64. The van der Waals surface area contributed by atoms with E-state index in [2.05, 4.69) is 30.0 Å². The summed E-state index contributed by atoms with van der Waals surface area (Å²) in [6.07, 6.45) is 3.65. The Hall–Kier alpha value is -4.07. The molecule has 0 radical (unpaired) electrons. The van der Waals surface area contributed by atoms with Crippen molar-refractivity contribution in [3.63, 3.8) is 0 Å². The molecule has 14 heteroatoms. The van der Waals surface area contributed by atoms with Crippen molar-refractivity contribution in [3.05, 3.63) is 54.5 Å². The number of para-hydroxylation sites is 1. The standard InChI is InChI=1S/C21H23FN8O4S/c1-13(10-18-23-11-14(22)12-24-18)35(31,32)28-21-26-25-20(15-8-9-29(2)27-15)30(21)19-16(33-3)6-5-7-17(19)34-4/h5-9,11-13H,10H2,1-4H3,(H,26,28)/t13-/m1/s1. The number of halogens is 1. The maximum Gasteiger partial charge on any atom is 0.243 e. The molecule has 0 aliphatic carbocycles. The first-order valence-corrected chi connectivity index (χ1v) is 11.9. The quantitative estimate of drug-likeness (QED) is 0.364. The van der Waals surface area contributed by atoms with E-state index in [9.17, 15) is 12.8 Å². The molecular formula is C21H23FN8O4S. The Bertz CT molecular complexity index is 1410. The van der Waals surface area contributed by atoms with Crippen molar-refractivity contribution in [1.29, 1.82) is 0 Å². The van der Waals surface area contributed by atoms with E-state index in [1.54, 1.807) is 42.2 Å². The second-order valence-corrected chi connectivity index (χ2v) is 9.65. The number of aromatic nitrogens is 7. The van der Waals surface area contributed by atoms with Crippen molar-refractivity contribution in [3.8, 4) is 28.7 Å². The van der Waals surface area contributed by atoms with Gasteiger partial charge in [-0.05, 0) is 25.1 Å². The number of hydrogen-bond acceptors (Lipinski definition) is 9. The van der Waals surface area contributed by atoms with Crippen LogP contribution in [0, 0.1) is 5.82 Å². The molecule has 0 saturated carbocycles. The minimum absolute atomic E-state index is 0.0468. The third kappa shape index (κ3) is 4.91. The molecule has 4 rings (SSSR count).